The summed E-state index contributed by atoms with van der Waals surface area (Å²) in [4.78, 5) is 25.6. The highest BCUT2D eigenvalue weighted by Crippen LogP contribution is 2.38. The van der Waals surface area contributed by atoms with Gasteiger partial charge in [-0.15, -0.1) is 0 Å². The van der Waals surface area contributed by atoms with E-state index in [1.807, 2.05) is 21.1 Å². The minimum Gasteiger partial charge on any atom is -0.756 e. The van der Waals surface area contributed by atoms with E-state index < -0.39 is 20.0 Å². The average Bonchev–Trinajstić information content (AvgIpc) is 3.33. The summed E-state index contributed by atoms with van der Waals surface area (Å²) in [6.07, 6.45) is 65.9. The van der Waals surface area contributed by atoms with Crippen molar-refractivity contribution in [2.24, 2.45) is 0 Å². The molecule has 0 aromatic carbocycles. The van der Waals surface area contributed by atoms with E-state index in [-0.39, 0.29) is 19.1 Å². The van der Waals surface area contributed by atoms with Gasteiger partial charge in [0.2, 0.25) is 5.91 Å². The van der Waals surface area contributed by atoms with E-state index in [1.165, 1.54) is 276 Å². The summed E-state index contributed by atoms with van der Waals surface area (Å²) in [7, 11) is 1.33. The van der Waals surface area contributed by atoms with Crippen LogP contribution in [0.1, 0.15) is 341 Å². The maximum absolute atomic E-state index is 13.0. The van der Waals surface area contributed by atoms with E-state index in [0.29, 0.717) is 23.9 Å². The molecule has 0 heterocycles. The van der Waals surface area contributed by atoms with Crippen molar-refractivity contribution in [1.82, 2.24) is 5.32 Å². The zero-order chi connectivity index (χ0) is 52.0. The highest BCUT2D eigenvalue weighted by molar-refractivity contribution is 7.45. The molecular formula is C62H127N2O6P. The van der Waals surface area contributed by atoms with Gasteiger partial charge in [-0.25, -0.2) is 0 Å². The molecule has 0 saturated heterocycles. The highest BCUT2D eigenvalue weighted by atomic mass is 31.2. The topological polar surface area (TPSA) is 108 Å². The first kappa shape index (κ1) is 70.5. The molecule has 0 spiro atoms. The average molecular weight is 1030 g/mol. The van der Waals surface area contributed by atoms with Crippen molar-refractivity contribution in [3.63, 3.8) is 0 Å². The van der Waals surface area contributed by atoms with Gasteiger partial charge in [0.05, 0.1) is 39.9 Å². The van der Waals surface area contributed by atoms with Gasteiger partial charge in [0.25, 0.3) is 7.82 Å². The van der Waals surface area contributed by atoms with Gasteiger partial charge < -0.3 is 28.8 Å². The van der Waals surface area contributed by atoms with Crippen molar-refractivity contribution in [1.29, 1.82) is 0 Å². The predicted octanol–water partition coefficient (Wildman–Crippen LogP) is 19.0. The number of nitrogens with zero attached hydrogens (tertiary/aromatic N) is 1. The summed E-state index contributed by atoms with van der Waals surface area (Å²) in [5.74, 6) is -0.156. The van der Waals surface area contributed by atoms with E-state index in [1.54, 1.807) is 0 Å². The fourth-order valence-corrected chi connectivity index (χ4v) is 10.8. The number of nitrogens with one attached hydrogen (secondary N) is 1. The minimum absolute atomic E-state index is 0.0166. The van der Waals surface area contributed by atoms with E-state index >= 15 is 0 Å². The number of carbonyl (C=O) groups is 1. The number of aliphatic hydroxyl groups excluding tert-OH is 1. The summed E-state index contributed by atoms with van der Waals surface area (Å²) in [5.41, 5.74) is 0. The van der Waals surface area contributed by atoms with Crippen LogP contribution in [0.3, 0.4) is 0 Å². The van der Waals surface area contributed by atoms with Gasteiger partial charge in [-0.1, -0.05) is 322 Å². The molecule has 8 nitrogen and oxygen atoms in total. The standard InChI is InChI=1S/C62H127N2O6P/c1-6-8-10-12-14-16-18-20-22-24-25-26-27-28-29-30-31-32-33-34-35-36-37-38-39-40-42-44-46-48-50-52-54-56-62(66)63-60(59-70-71(67,68)69-58-57-64(3,4)5)61(65)55-53-51-49-47-45-43-41-23-21-19-17-15-13-11-9-7-2/h60-61,65H,6-59H2,1-5H3,(H-,63,66,67,68). The van der Waals surface area contributed by atoms with Gasteiger partial charge in [-0.3, -0.25) is 9.36 Å². The molecule has 3 atom stereocenters. The van der Waals surface area contributed by atoms with Crippen molar-refractivity contribution in [3.8, 4) is 0 Å². The van der Waals surface area contributed by atoms with Crippen molar-refractivity contribution < 1.29 is 32.9 Å². The molecule has 0 aromatic rings. The number of hydrogen-bond donors (Lipinski definition) is 2. The molecule has 0 saturated carbocycles. The lowest BCUT2D eigenvalue weighted by Crippen LogP contribution is -2.46. The Hall–Kier alpha value is -0.500. The lowest BCUT2D eigenvalue weighted by Gasteiger charge is -2.30. The Labute approximate surface area is 444 Å². The van der Waals surface area contributed by atoms with Crippen molar-refractivity contribution in [3.05, 3.63) is 0 Å². The third-order valence-corrected chi connectivity index (χ3v) is 16.1. The van der Waals surface area contributed by atoms with Gasteiger partial charge in [-0.2, -0.15) is 0 Å². The molecule has 0 rings (SSSR count). The van der Waals surface area contributed by atoms with E-state index in [0.717, 1.165) is 38.5 Å². The molecule has 0 radical (unpaired) electrons. The van der Waals surface area contributed by atoms with Crippen molar-refractivity contribution >= 4 is 13.7 Å². The van der Waals surface area contributed by atoms with E-state index in [4.69, 9.17) is 9.05 Å². The number of hydrogen-bond acceptors (Lipinski definition) is 6. The second-order valence-electron chi connectivity index (χ2n) is 23.5. The second kappa shape index (κ2) is 54.3. The normalized spacial score (nSPS) is 13.7. The second-order valence-corrected chi connectivity index (χ2v) is 24.9. The van der Waals surface area contributed by atoms with Crippen LogP contribution >= 0.6 is 7.82 Å². The number of phosphoric acid groups is 1. The molecule has 3 unspecified atom stereocenters. The first-order valence-corrected chi connectivity index (χ1v) is 33.3. The molecule has 2 N–H and O–H groups in total. The molecular weight excluding hydrogens is 900 g/mol. The molecule has 0 aromatic heterocycles. The Balaban J connectivity index is 3.93. The Kier molecular flexibility index (Phi) is 53.9. The van der Waals surface area contributed by atoms with Crippen LogP contribution < -0.4 is 10.2 Å². The summed E-state index contributed by atoms with van der Waals surface area (Å²) < 4.78 is 23.4. The summed E-state index contributed by atoms with van der Waals surface area (Å²) >= 11 is 0. The number of amides is 1. The highest BCUT2D eigenvalue weighted by Gasteiger charge is 2.24. The van der Waals surface area contributed by atoms with Crippen molar-refractivity contribution in [2.45, 2.75) is 353 Å². The van der Waals surface area contributed by atoms with Gasteiger partial charge in [-0.05, 0) is 12.8 Å². The zero-order valence-corrected chi connectivity index (χ0v) is 49.6. The third kappa shape index (κ3) is 57.1. The van der Waals surface area contributed by atoms with Crippen LogP contribution in [0, 0.1) is 0 Å². The van der Waals surface area contributed by atoms with Crippen LogP contribution in [-0.4, -0.2) is 68.5 Å². The molecule has 0 aliphatic heterocycles. The number of phosphoric ester groups is 1. The summed E-state index contributed by atoms with van der Waals surface area (Å²) in [6, 6.07) is -0.795. The lowest BCUT2D eigenvalue weighted by molar-refractivity contribution is -0.870. The van der Waals surface area contributed by atoms with Gasteiger partial charge >= 0.3 is 0 Å². The molecule has 0 aliphatic carbocycles. The SMILES string of the molecule is CCCCCCCCCCCCCCCCCCCCCCCCCCCCCCCCCCCC(=O)NC(COP(=O)([O-])OCC[N+](C)(C)C)C(O)CCCCCCCCCCCCCCCCCC. The largest absolute Gasteiger partial charge is 0.756 e. The van der Waals surface area contributed by atoms with Crippen LogP contribution in [0.2, 0.25) is 0 Å². The smallest absolute Gasteiger partial charge is 0.268 e. The molecule has 0 aliphatic rings. The fourth-order valence-electron chi connectivity index (χ4n) is 10.1. The number of rotatable bonds is 60. The van der Waals surface area contributed by atoms with Crippen LogP contribution in [-0.2, 0) is 18.4 Å². The number of quaternary nitrogens is 1. The maximum atomic E-state index is 13.0. The van der Waals surface area contributed by atoms with Crippen molar-refractivity contribution in [2.75, 3.05) is 40.9 Å². The number of aliphatic hydroxyl groups is 1. The lowest BCUT2D eigenvalue weighted by atomic mass is 10.0. The molecule has 0 fully saturated rings. The fraction of sp³-hybridized carbons (Fsp3) is 0.984. The van der Waals surface area contributed by atoms with Gasteiger partial charge in [0, 0.05) is 6.42 Å². The number of carbonyl (C=O) groups excluding carboxylic acids is 1. The van der Waals surface area contributed by atoms with E-state index in [9.17, 15) is 19.4 Å². The Morgan fingerprint density at radius 2 is 0.690 bits per heavy atom. The minimum atomic E-state index is -4.57. The molecule has 9 heteroatoms. The summed E-state index contributed by atoms with van der Waals surface area (Å²) in [5, 5.41) is 14.0. The molecule has 426 valence electrons. The molecule has 1 amide bonds. The molecule has 0 bridgehead atoms. The Bertz CT molecular complexity index is 1120. The molecule has 71 heavy (non-hydrogen) atoms. The number of likely N-dealkylation sites (N-methyl/N-ethyl adjacent to an activating group) is 1. The quantitative estimate of drug-likeness (QED) is 0.0357. The van der Waals surface area contributed by atoms with Crippen LogP contribution in [0.4, 0.5) is 0 Å². The first-order chi connectivity index (χ1) is 34.5. The predicted molar refractivity (Wildman–Crippen MR) is 307 cm³/mol. The number of unbranched alkanes of at least 4 members (excludes halogenated alkanes) is 47. The summed E-state index contributed by atoms with van der Waals surface area (Å²) in [6.45, 7) is 4.78. The van der Waals surface area contributed by atoms with Crippen LogP contribution in [0.15, 0.2) is 0 Å². The zero-order valence-electron chi connectivity index (χ0n) is 48.7. The first-order valence-electron chi connectivity index (χ1n) is 31.9. The monoisotopic (exact) mass is 1030 g/mol. The van der Waals surface area contributed by atoms with Crippen LogP contribution in [0.5, 0.6) is 0 Å². The van der Waals surface area contributed by atoms with Crippen LogP contribution in [0.25, 0.3) is 0 Å². The maximum Gasteiger partial charge on any atom is 0.268 e. The Morgan fingerprint density at radius 1 is 0.437 bits per heavy atom. The van der Waals surface area contributed by atoms with E-state index in [2.05, 4.69) is 19.2 Å². The Morgan fingerprint density at radius 3 is 0.958 bits per heavy atom. The van der Waals surface area contributed by atoms with Gasteiger partial charge in [0.1, 0.15) is 13.2 Å². The van der Waals surface area contributed by atoms with Gasteiger partial charge in [0.15, 0.2) is 0 Å². The third-order valence-electron chi connectivity index (χ3n) is 15.1.